The van der Waals surface area contributed by atoms with Crippen molar-refractivity contribution in [2.24, 2.45) is 0 Å². The number of benzene rings is 2. The number of nitrogens with zero attached hydrogens (tertiary/aromatic N) is 3. The number of rotatable bonds is 3. The molecule has 0 unspecified atom stereocenters. The van der Waals surface area contributed by atoms with Crippen molar-refractivity contribution in [3.63, 3.8) is 0 Å². The standard InChI is InChI=1S/C21H21N3O2S2/c1-13(27-20-23-22-19(26-20)21(2,3)4)18(25)24-14-9-5-7-11-16(14)28-17-12-8-6-10-15(17)24/h5-13H,1-4H3/t13-/m1/s1. The maximum absolute atomic E-state index is 13.4. The summed E-state index contributed by atoms with van der Waals surface area (Å²) in [5.74, 6) is 0.556. The highest BCUT2D eigenvalue weighted by atomic mass is 32.2. The fraction of sp³-hybridized carbons (Fsp3) is 0.286. The van der Waals surface area contributed by atoms with Gasteiger partial charge in [-0.1, -0.05) is 68.6 Å². The summed E-state index contributed by atoms with van der Waals surface area (Å²) >= 11 is 2.98. The fourth-order valence-electron chi connectivity index (χ4n) is 2.89. The average Bonchev–Trinajstić information content (AvgIpc) is 3.14. The number of hydrogen-bond donors (Lipinski definition) is 0. The summed E-state index contributed by atoms with van der Waals surface area (Å²) in [6.07, 6.45) is 0. The van der Waals surface area contributed by atoms with E-state index in [1.807, 2.05) is 76.2 Å². The zero-order valence-corrected chi connectivity index (χ0v) is 17.8. The van der Waals surface area contributed by atoms with Gasteiger partial charge in [0.05, 0.1) is 16.6 Å². The molecule has 1 amide bonds. The minimum absolute atomic E-state index is 0.0132. The first kappa shape index (κ1) is 19.1. The van der Waals surface area contributed by atoms with Crippen LogP contribution in [0.2, 0.25) is 0 Å². The lowest BCUT2D eigenvalue weighted by Crippen LogP contribution is -2.34. The highest BCUT2D eigenvalue weighted by Crippen LogP contribution is 2.48. The summed E-state index contributed by atoms with van der Waals surface area (Å²) in [6.45, 7) is 7.93. The third-order valence-corrected chi connectivity index (χ3v) is 6.38. The minimum atomic E-state index is -0.377. The van der Waals surface area contributed by atoms with Crippen LogP contribution in [0.3, 0.4) is 0 Å². The Balaban J connectivity index is 1.63. The summed E-state index contributed by atoms with van der Waals surface area (Å²) in [5.41, 5.74) is 1.59. The van der Waals surface area contributed by atoms with Gasteiger partial charge in [-0.15, -0.1) is 10.2 Å². The molecule has 7 heteroatoms. The van der Waals surface area contributed by atoms with Crippen molar-refractivity contribution >= 4 is 40.8 Å². The van der Waals surface area contributed by atoms with Gasteiger partial charge in [0, 0.05) is 15.2 Å². The highest BCUT2D eigenvalue weighted by Gasteiger charge is 2.32. The molecule has 144 valence electrons. The van der Waals surface area contributed by atoms with E-state index in [2.05, 4.69) is 10.2 Å². The second-order valence-corrected chi connectivity index (χ2v) is 9.97. The molecule has 0 radical (unpaired) electrons. The Morgan fingerprint density at radius 3 is 2.14 bits per heavy atom. The van der Waals surface area contributed by atoms with Gasteiger partial charge in [-0.25, -0.2) is 0 Å². The molecular formula is C21H21N3O2S2. The van der Waals surface area contributed by atoms with Crippen LogP contribution >= 0.6 is 23.5 Å². The Labute approximate surface area is 172 Å². The van der Waals surface area contributed by atoms with Gasteiger partial charge in [0.15, 0.2) is 0 Å². The molecule has 1 aromatic heterocycles. The van der Waals surface area contributed by atoms with E-state index in [1.165, 1.54) is 11.8 Å². The van der Waals surface area contributed by atoms with Crippen molar-refractivity contribution in [3.05, 3.63) is 54.4 Å². The first-order valence-corrected chi connectivity index (χ1v) is 10.7. The van der Waals surface area contributed by atoms with Gasteiger partial charge >= 0.3 is 0 Å². The molecule has 1 atom stereocenters. The van der Waals surface area contributed by atoms with Crippen LogP contribution in [0.4, 0.5) is 11.4 Å². The molecule has 0 saturated carbocycles. The van der Waals surface area contributed by atoms with Crippen LogP contribution in [0.15, 0.2) is 68.0 Å². The normalized spacial score (nSPS) is 14.4. The smallest absolute Gasteiger partial charge is 0.277 e. The molecule has 1 aliphatic rings. The second-order valence-electron chi connectivity index (χ2n) is 7.59. The Morgan fingerprint density at radius 1 is 1.04 bits per heavy atom. The number of para-hydroxylation sites is 2. The molecule has 2 heterocycles. The molecular weight excluding hydrogens is 390 g/mol. The lowest BCUT2D eigenvalue weighted by Gasteiger charge is -2.32. The maximum atomic E-state index is 13.4. The monoisotopic (exact) mass is 411 g/mol. The van der Waals surface area contributed by atoms with Crippen molar-refractivity contribution in [3.8, 4) is 0 Å². The summed E-state index contributed by atoms with van der Waals surface area (Å²) in [6, 6.07) is 16.0. The van der Waals surface area contributed by atoms with Crippen LogP contribution in [-0.4, -0.2) is 21.4 Å². The first-order valence-electron chi connectivity index (χ1n) is 9.05. The number of carbonyl (C=O) groups is 1. The van der Waals surface area contributed by atoms with E-state index in [0.29, 0.717) is 11.1 Å². The molecule has 0 spiro atoms. The van der Waals surface area contributed by atoms with Crippen LogP contribution in [0.5, 0.6) is 0 Å². The molecule has 0 fully saturated rings. The fourth-order valence-corrected chi connectivity index (χ4v) is 4.67. The average molecular weight is 412 g/mol. The zero-order chi connectivity index (χ0) is 19.9. The van der Waals surface area contributed by atoms with Crippen LogP contribution < -0.4 is 4.90 Å². The number of thioether (sulfide) groups is 1. The van der Waals surface area contributed by atoms with Gasteiger partial charge in [-0.2, -0.15) is 0 Å². The molecule has 5 nitrogen and oxygen atoms in total. The second kappa shape index (κ2) is 7.29. The van der Waals surface area contributed by atoms with E-state index in [4.69, 9.17) is 4.42 Å². The lowest BCUT2D eigenvalue weighted by atomic mass is 9.97. The van der Waals surface area contributed by atoms with Gasteiger partial charge in [-0.3, -0.25) is 9.69 Å². The first-order chi connectivity index (χ1) is 13.3. The van der Waals surface area contributed by atoms with Crippen LogP contribution in [0, 0.1) is 0 Å². The molecule has 2 aromatic carbocycles. The van der Waals surface area contributed by atoms with Gasteiger partial charge in [-0.05, 0) is 31.2 Å². The predicted octanol–water partition coefficient (Wildman–Crippen LogP) is 5.68. The van der Waals surface area contributed by atoms with Crippen molar-refractivity contribution in [2.75, 3.05) is 4.90 Å². The van der Waals surface area contributed by atoms with Crippen LogP contribution in [0.25, 0.3) is 0 Å². The third kappa shape index (κ3) is 3.56. The molecule has 28 heavy (non-hydrogen) atoms. The van der Waals surface area contributed by atoms with Crippen LogP contribution in [-0.2, 0) is 10.2 Å². The van der Waals surface area contributed by atoms with Gasteiger partial charge in [0.25, 0.3) is 5.22 Å². The number of anilines is 2. The van der Waals surface area contributed by atoms with Crippen molar-refractivity contribution in [1.29, 1.82) is 0 Å². The number of aromatic nitrogens is 2. The molecule has 1 aliphatic heterocycles. The van der Waals surface area contributed by atoms with E-state index in [0.717, 1.165) is 21.2 Å². The van der Waals surface area contributed by atoms with Crippen molar-refractivity contribution < 1.29 is 9.21 Å². The van der Waals surface area contributed by atoms with E-state index in [9.17, 15) is 4.79 Å². The largest absolute Gasteiger partial charge is 0.415 e. The predicted molar refractivity (Wildman–Crippen MR) is 112 cm³/mol. The van der Waals surface area contributed by atoms with Gasteiger partial charge in [0.1, 0.15) is 0 Å². The molecule has 3 aromatic rings. The van der Waals surface area contributed by atoms with Crippen LogP contribution in [0.1, 0.15) is 33.6 Å². The summed E-state index contributed by atoms with van der Waals surface area (Å²) in [5, 5.41) is 8.27. The SMILES string of the molecule is C[C@@H](Sc1nnc(C(C)(C)C)o1)C(=O)N1c2ccccc2Sc2ccccc21. The van der Waals surface area contributed by atoms with Gasteiger partial charge < -0.3 is 4.42 Å². The van der Waals surface area contributed by atoms with E-state index in [1.54, 1.807) is 16.7 Å². The molecule has 4 rings (SSSR count). The maximum Gasteiger partial charge on any atom is 0.277 e. The van der Waals surface area contributed by atoms with Crippen molar-refractivity contribution in [2.45, 2.75) is 53.4 Å². The topological polar surface area (TPSA) is 59.2 Å². The quantitative estimate of drug-likeness (QED) is 0.517. The van der Waals surface area contributed by atoms with E-state index >= 15 is 0 Å². The number of hydrogen-bond acceptors (Lipinski definition) is 6. The zero-order valence-electron chi connectivity index (χ0n) is 16.2. The van der Waals surface area contributed by atoms with Gasteiger partial charge in [0.2, 0.25) is 11.8 Å². The van der Waals surface area contributed by atoms with Crippen molar-refractivity contribution in [1.82, 2.24) is 10.2 Å². The number of carbonyl (C=O) groups excluding carboxylic acids is 1. The number of fused-ring (bicyclic) bond motifs is 2. The Kier molecular flexibility index (Phi) is 4.97. The summed E-state index contributed by atoms with van der Waals surface area (Å²) in [4.78, 5) is 17.4. The van der Waals surface area contributed by atoms with E-state index < -0.39 is 0 Å². The molecule has 0 bridgehead atoms. The molecule has 0 N–H and O–H groups in total. The summed E-state index contributed by atoms with van der Waals surface area (Å²) < 4.78 is 5.76. The third-order valence-electron chi connectivity index (χ3n) is 4.33. The summed E-state index contributed by atoms with van der Waals surface area (Å²) in [7, 11) is 0. The highest BCUT2D eigenvalue weighted by molar-refractivity contribution is 8.00. The van der Waals surface area contributed by atoms with E-state index in [-0.39, 0.29) is 16.6 Å². The Bertz CT molecular complexity index is 981. The lowest BCUT2D eigenvalue weighted by molar-refractivity contribution is -0.117. The Morgan fingerprint density at radius 2 is 1.61 bits per heavy atom. The molecule has 0 aliphatic carbocycles. The minimum Gasteiger partial charge on any atom is -0.415 e. The Hall–Kier alpha value is -2.25. The number of amides is 1. The molecule has 0 saturated heterocycles.